The van der Waals surface area contributed by atoms with E-state index in [0.717, 1.165) is 12.8 Å². The number of hydrogen-bond acceptors (Lipinski definition) is 2. The maximum absolute atomic E-state index is 11.7. The van der Waals surface area contributed by atoms with E-state index in [9.17, 15) is 13.2 Å². The summed E-state index contributed by atoms with van der Waals surface area (Å²) < 4.78 is 36.6. The zero-order valence-electron chi connectivity index (χ0n) is 6.64. The van der Waals surface area contributed by atoms with Crippen LogP contribution in [0.15, 0.2) is 0 Å². The molecule has 1 aliphatic carbocycles. The minimum Gasteiger partial charge on any atom is -0.253 e. The molecule has 0 spiro atoms. The highest BCUT2D eigenvalue weighted by atomic mass is 32.1. The Kier molecular flexibility index (Phi) is 3.29. The first kappa shape index (κ1) is 10.2. The molecular weight excluding hydrogens is 187 g/mol. The Morgan fingerprint density at radius 3 is 2.33 bits per heavy atom. The third kappa shape index (κ3) is 4.87. The fourth-order valence-corrected chi connectivity index (χ4v) is 1.28. The molecule has 0 saturated heterocycles. The standard InChI is InChI=1S/C7H12F3NS/c8-7(9,10)3-4-11(12)5-6-1-2-6/h6,12H,1-5H2. The van der Waals surface area contributed by atoms with Gasteiger partial charge in [-0.25, -0.2) is 0 Å². The molecule has 1 saturated carbocycles. The van der Waals surface area contributed by atoms with E-state index in [-0.39, 0.29) is 6.54 Å². The molecule has 0 heterocycles. The van der Waals surface area contributed by atoms with Crippen LogP contribution in [0.2, 0.25) is 0 Å². The highest BCUT2D eigenvalue weighted by Crippen LogP contribution is 2.30. The summed E-state index contributed by atoms with van der Waals surface area (Å²) in [6, 6.07) is 0. The van der Waals surface area contributed by atoms with Gasteiger partial charge in [-0.1, -0.05) is 12.8 Å². The van der Waals surface area contributed by atoms with E-state index in [1.54, 1.807) is 0 Å². The Morgan fingerprint density at radius 1 is 1.33 bits per heavy atom. The normalized spacial score (nSPS) is 18.8. The number of hydrogen-bond donors (Lipinski definition) is 1. The molecular formula is C7H12F3NS. The number of thiol groups is 1. The van der Waals surface area contributed by atoms with Gasteiger partial charge in [0.25, 0.3) is 0 Å². The first-order valence-corrected chi connectivity index (χ1v) is 4.38. The quantitative estimate of drug-likeness (QED) is 0.681. The summed E-state index contributed by atoms with van der Waals surface area (Å²) >= 11 is 3.95. The zero-order valence-corrected chi connectivity index (χ0v) is 7.54. The van der Waals surface area contributed by atoms with Gasteiger partial charge in [-0.15, -0.1) is 0 Å². The molecule has 0 amide bonds. The molecule has 0 aromatic rings. The van der Waals surface area contributed by atoms with Gasteiger partial charge in [-0.3, -0.25) is 4.31 Å². The second-order valence-corrected chi connectivity index (χ2v) is 3.79. The van der Waals surface area contributed by atoms with Gasteiger partial charge in [0, 0.05) is 13.1 Å². The lowest BCUT2D eigenvalue weighted by Gasteiger charge is -2.15. The van der Waals surface area contributed by atoms with Crippen molar-refractivity contribution in [2.24, 2.45) is 5.92 Å². The molecule has 0 unspecified atom stereocenters. The molecule has 0 aliphatic heterocycles. The first-order chi connectivity index (χ1) is 5.47. The predicted molar refractivity (Wildman–Crippen MR) is 44.0 cm³/mol. The highest BCUT2D eigenvalue weighted by molar-refractivity contribution is 7.77. The zero-order chi connectivity index (χ0) is 9.19. The van der Waals surface area contributed by atoms with Crippen LogP contribution in [0.4, 0.5) is 13.2 Å². The second kappa shape index (κ2) is 3.87. The van der Waals surface area contributed by atoms with Crippen molar-refractivity contribution in [1.29, 1.82) is 0 Å². The Hall–Kier alpha value is 0.100. The summed E-state index contributed by atoms with van der Waals surface area (Å²) in [4.78, 5) is 0. The average Bonchev–Trinajstić information content (AvgIpc) is 2.66. The second-order valence-electron chi connectivity index (χ2n) is 3.22. The van der Waals surface area contributed by atoms with Gasteiger partial charge < -0.3 is 0 Å². The number of rotatable bonds is 4. The van der Waals surface area contributed by atoms with Crippen LogP contribution in [0.5, 0.6) is 0 Å². The van der Waals surface area contributed by atoms with Gasteiger partial charge in [0.2, 0.25) is 0 Å². The van der Waals surface area contributed by atoms with Gasteiger partial charge in [0.05, 0.1) is 6.42 Å². The van der Waals surface area contributed by atoms with Gasteiger partial charge in [-0.05, 0) is 18.8 Å². The molecule has 0 atom stereocenters. The van der Waals surface area contributed by atoms with Crippen LogP contribution in [0.1, 0.15) is 19.3 Å². The Morgan fingerprint density at radius 2 is 1.92 bits per heavy atom. The molecule has 1 nitrogen and oxygen atoms in total. The summed E-state index contributed by atoms with van der Waals surface area (Å²) in [7, 11) is 0. The van der Waals surface area contributed by atoms with Crippen molar-refractivity contribution in [2.45, 2.75) is 25.4 Å². The molecule has 5 heteroatoms. The summed E-state index contributed by atoms with van der Waals surface area (Å²) in [6.07, 6.45) is -2.53. The van der Waals surface area contributed by atoms with Gasteiger partial charge >= 0.3 is 6.18 Å². The van der Waals surface area contributed by atoms with Crippen molar-refractivity contribution >= 4 is 12.8 Å². The lowest BCUT2D eigenvalue weighted by molar-refractivity contribution is -0.135. The fourth-order valence-electron chi connectivity index (χ4n) is 0.946. The molecule has 1 fully saturated rings. The van der Waals surface area contributed by atoms with Gasteiger partial charge in [0.15, 0.2) is 0 Å². The lowest BCUT2D eigenvalue weighted by atomic mass is 10.4. The highest BCUT2D eigenvalue weighted by Gasteiger charge is 2.29. The molecule has 1 rings (SSSR count). The summed E-state index contributed by atoms with van der Waals surface area (Å²) in [5.41, 5.74) is 0. The third-order valence-corrected chi connectivity index (χ3v) is 2.18. The third-order valence-electron chi connectivity index (χ3n) is 1.82. The number of halogens is 3. The Labute approximate surface area is 75.5 Å². The smallest absolute Gasteiger partial charge is 0.253 e. The van der Waals surface area contributed by atoms with Crippen LogP contribution in [-0.4, -0.2) is 23.6 Å². The lowest BCUT2D eigenvalue weighted by Crippen LogP contribution is -2.22. The van der Waals surface area contributed by atoms with Crippen molar-refractivity contribution in [2.75, 3.05) is 13.1 Å². The summed E-state index contributed by atoms with van der Waals surface area (Å²) in [5.74, 6) is 0.593. The number of alkyl halides is 3. The topological polar surface area (TPSA) is 3.24 Å². The largest absolute Gasteiger partial charge is 0.390 e. The Balaban J connectivity index is 2.04. The molecule has 0 N–H and O–H groups in total. The van der Waals surface area contributed by atoms with E-state index in [2.05, 4.69) is 12.8 Å². The van der Waals surface area contributed by atoms with E-state index < -0.39 is 12.6 Å². The van der Waals surface area contributed by atoms with E-state index >= 15 is 0 Å². The monoisotopic (exact) mass is 199 g/mol. The van der Waals surface area contributed by atoms with Crippen molar-refractivity contribution in [3.8, 4) is 0 Å². The molecule has 1 aliphatic rings. The van der Waals surface area contributed by atoms with Crippen molar-refractivity contribution in [3.63, 3.8) is 0 Å². The van der Waals surface area contributed by atoms with Crippen molar-refractivity contribution < 1.29 is 13.2 Å². The predicted octanol–water partition coefficient (Wildman–Crippen LogP) is 2.50. The maximum Gasteiger partial charge on any atom is 0.390 e. The van der Waals surface area contributed by atoms with Crippen LogP contribution in [0.3, 0.4) is 0 Å². The minimum atomic E-state index is -4.05. The molecule has 0 bridgehead atoms. The number of nitrogens with zero attached hydrogens (tertiary/aromatic N) is 1. The van der Waals surface area contributed by atoms with E-state index in [1.165, 1.54) is 4.31 Å². The van der Waals surface area contributed by atoms with Crippen LogP contribution in [-0.2, 0) is 0 Å². The van der Waals surface area contributed by atoms with E-state index in [0.29, 0.717) is 12.5 Å². The maximum atomic E-state index is 11.7. The molecule has 0 radical (unpaired) electrons. The van der Waals surface area contributed by atoms with E-state index in [4.69, 9.17) is 0 Å². The van der Waals surface area contributed by atoms with Crippen molar-refractivity contribution in [3.05, 3.63) is 0 Å². The molecule has 0 aromatic carbocycles. The molecule has 12 heavy (non-hydrogen) atoms. The van der Waals surface area contributed by atoms with Crippen molar-refractivity contribution in [1.82, 2.24) is 4.31 Å². The first-order valence-electron chi connectivity index (χ1n) is 3.98. The van der Waals surface area contributed by atoms with Crippen LogP contribution >= 0.6 is 12.8 Å². The van der Waals surface area contributed by atoms with Gasteiger partial charge in [-0.2, -0.15) is 13.2 Å². The van der Waals surface area contributed by atoms with Crippen LogP contribution < -0.4 is 0 Å². The van der Waals surface area contributed by atoms with Gasteiger partial charge in [0.1, 0.15) is 0 Å². The summed E-state index contributed by atoms with van der Waals surface area (Å²) in [6.45, 7) is 0.697. The Bertz CT molecular complexity index is 144. The molecule has 72 valence electrons. The fraction of sp³-hybridized carbons (Fsp3) is 1.00. The summed E-state index contributed by atoms with van der Waals surface area (Å²) in [5, 5.41) is 0. The molecule has 0 aromatic heterocycles. The average molecular weight is 199 g/mol. The SMILES string of the molecule is FC(F)(F)CCN(S)CC1CC1. The van der Waals surface area contributed by atoms with Crippen LogP contribution in [0, 0.1) is 5.92 Å². The van der Waals surface area contributed by atoms with Crippen LogP contribution in [0.25, 0.3) is 0 Å². The van der Waals surface area contributed by atoms with E-state index in [1.807, 2.05) is 0 Å². The minimum absolute atomic E-state index is 0.00309.